The Labute approximate surface area is 138 Å². The van der Waals surface area contributed by atoms with Gasteiger partial charge in [0.05, 0.1) is 11.1 Å². The summed E-state index contributed by atoms with van der Waals surface area (Å²) in [4.78, 5) is 28.3. The van der Waals surface area contributed by atoms with Crippen LogP contribution in [0.5, 0.6) is 0 Å². The number of amides is 2. The molecule has 0 atom stereocenters. The lowest BCUT2D eigenvalue weighted by molar-refractivity contribution is 0.0702. The second-order valence-corrected chi connectivity index (χ2v) is 7.03. The molecule has 0 spiro atoms. The number of thiophene rings is 1. The smallest absolute Gasteiger partial charge is 0.263 e. The van der Waals surface area contributed by atoms with E-state index in [2.05, 4.69) is 10.5 Å². The van der Waals surface area contributed by atoms with Gasteiger partial charge in [0.25, 0.3) is 11.8 Å². The number of aromatic nitrogens is 1. The van der Waals surface area contributed by atoms with Crippen LogP contribution in [0.2, 0.25) is 0 Å². The topological polar surface area (TPSA) is 75.4 Å². The summed E-state index contributed by atoms with van der Waals surface area (Å²) in [6, 6.07) is 3.92. The molecule has 1 aliphatic heterocycles. The van der Waals surface area contributed by atoms with E-state index in [0.29, 0.717) is 24.4 Å². The van der Waals surface area contributed by atoms with Gasteiger partial charge < -0.3 is 14.7 Å². The van der Waals surface area contributed by atoms with Crippen molar-refractivity contribution in [2.75, 3.05) is 13.1 Å². The third kappa shape index (κ3) is 3.44. The second-order valence-electron chi connectivity index (χ2n) is 5.75. The summed E-state index contributed by atoms with van der Waals surface area (Å²) >= 11 is 1.52. The predicted molar refractivity (Wildman–Crippen MR) is 86.7 cm³/mol. The van der Waals surface area contributed by atoms with Crippen LogP contribution in [0.4, 0.5) is 0 Å². The number of hydrogen-bond donors (Lipinski definition) is 1. The fraction of sp³-hybridized carbons (Fsp3) is 0.438. The van der Waals surface area contributed by atoms with Crippen molar-refractivity contribution in [3.8, 4) is 0 Å². The molecule has 3 rings (SSSR count). The maximum atomic E-state index is 12.4. The molecule has 0 aliphatic carbocycles. The van der Waals surface area contributed by atoms with Crippen LogP contribution in [0.1, 0.15) is 43.5 Å². The van der Waals surface area contributed by atoms with E-state index in [0.717, 1.165) is 22.6 Å². The molecule has 1 saturated heterocycles. The molecular formula is C16H19N3O3S. The zero-order valence-corrected chi connectivity index (χ0v) is 14.0. The van der Waals surface area contributed by atoms with Crippen molar-refractivity contribution in [1.82, 2.24) is 15.4 Å². The third-order valence-corrected chi connectivity index (χ3v) is 5.05. The molecule has 7 heteroatoms. The van der Waals surface area contributed by atoms with Crippen LogP contribution in [0.25, 0.3) is 0 Å². The molecule has 23 heavy (non-hydrogen) atoms. The Morgan fingerprint density at radius 1 is 1.30 bits per heavy atom. The zero-order valence-electron chi connectivity index (χ0n) is 13.2. The van der Waals surface area contributed by atoms with Gasteiger partial charge in [-0.3, -0.25) is 9.59 Å². The minimum Gasteiger partial charge on any atom is -0.361 e. The molecule has 0 radical (unpaired) electrons. The highest BCUT2D eigenvalue weighted by molar-refractivity contribution is 7.13. The number of nitrogens with zero attached hydrogens (tertiary/aromatic N) is 2. The van der Waals surface area contributed by atoms with E-state index in [1.807, 2.05) is 24.0 Å². The molecule has 2 aromatic heterocycles. The monoisotopic (exact) mass is 333 g/mol. The van der Waals surface area contributed by atoms with Crippen molar-refractivity contribution in [1.29, 1.82) is 0 Å². The van der Waals surface area contributed by atoms with E-state index < -0.39 is 0 Å². The number of rotatable bonds is 3. The number of nitrogens with one attached hydrogen (secondary N) is 1. The van der Waals surface area contributed by atoms with E-state index in [-0.39, 0.29) is 17.9 Å². The van der Waals surface area contributed by atoms with Gasteiger partial charge in [0, 0.05) is 24.0 Å². The van der Waals surface area contributed by atoms with Crippen LogP contribution < -0.4 is 5.32 Å². The number of piperidine rings is 1. The Kier molecular flexibility index (Phi) is 4.47. The van der Waals surface area contributed by atoms with Crippen molar-refractivity contribution >= 4 is 23.2 Å². The predicted octanol–water partition coefficient (Wildman–Crippen LogP) is 2.39. The van der Waals surface area contributed by atoms with Crippen molar-refractivity contribution in [3.63, 3.8) is 0 Å². The molecule has 122 valence electrons. The molecule has 1 fully saturated rings. The van der Waals surface area contributed by atoms with Crippen LogP contribution in [0, 0.1) is 13.8 Å². The van der Waals surface area contributed by atoms with Crippen LogP contribution in [0.3, 0.4) is 0 Å². The quantitative estimate of drug-likeness (QED) is 0.936. The Morgan fingerprint density at radius 2 is 2.04 bits per heavy atom. The fourth-order valence-corrected chi connectivity index (χ4v) is 3.55. The highest BCUT2D eigenvalue weighted by Gasteiger charge is 2.26. The normalized spacial score (nSPS) is 15.7. The molecule has 0 aromatic carbocycles. The summed E-state index contributed by atoms with van der Waals surface area (Å²) in [6.45, 7) is 5.02. The molecule has 2 amide bonds. The molecule has 0 saturated carbocycles. The second kappa shape index (κ2) is 6.54. The molecule has 0 bridgehead atoms. The first-order chi connectivity index (χ1) is 11.0. The lowest BCUT2D eigenvalue weighted by Crippen LogP contribution is -2.46. The van der Waals surface area contributed by atoms with Gasteiger partial charge in [-0.15, -0.1) is 11.3 Å². The lowest BCUT2D eigenvalue weighted by Gasteiger charge is -2.32. The van der Waals surface area contributed by atoms with Gasteiger partial charge in [-0.1, -0.05) is 5.16 Å². The third-order valence-electron chi connectivity index (χ3n) is 4.06. The highest BCUT2D eigenvalue weighted by Crippen LogP contribution is 2.20. The summed E-state index contributed by atoms with van der Waals surface area (Å²) in [7, 11) is 0. The maximum Gasteiger partial charge on any atom is 0.263 e. The van der Waals surface area contributed by atoms with Gasteiger partial charge in [-0.2, -0.15) is 0 Å². The van der Waals surface area contributed by atoms with Crippen molar-refractivity contribution in [2.24, 2.45) is 0 Å². The summed E-state index contributed by atoms with van der Waals surface area (Å²) in [5, 5.41) is 6.61. The van der Waals surface area contributed by atoms with Crippen molar-refractivity contribution < 1.29 is 14.1 Å². The fourth-order valence-electron chi connectivity index (χ4n) is 2.71. The van der Waals surface area contributed by atoms with Gasteiger partial charge in [-0.25, -0.2) is 0 Å². The first kappa shape index (κ1) is 15.7. The summed E-state index contributed by atoms with van der Waals surface area (Å²) in [6.07, 6.45) is 2.95. The lowest BCUT2D eigenvalue weighted by atomic mass is 10.0. The first-order valence-electron chi connectivity index (χ1n) is 7.62. The van der Waals surface area contributed by atoms with E-state index in [9.17, 15) is 9.59 Å². The number of carbonyl (C=O) groups excluding carboxylic acids is 2. The van der Waals surface area contributed by atoms with Crippen LogP contribution >= 0.6 is 11.3 Å². The average Bonchev–Trinajstić information content (AvgIpc) is 3.16. The van der Waals surface area contributed by atoms with Crippen LogP contribution in [0.15, 0.2) is 22.9 Å². The minimum absolute atomic E-state index is 0.0749. The summed E-state index contributed by atoms with van der Waals surface area (Å²) < 4.78 is 4.91. The van der Waals surface area contributed by atoms with Gasteiger partial charge in [-0.05, 0) is 38.8 Å². The molecule has 0 unspecified atom stereocenters. The number of aryl methyl sites for hydroxylation is 2. The van der Waals surface area contributed by atoms with E-state index in [4.69, 9.17) is 4.52 Å². The van der Waals surface area contributed by atoms with Gasteiger partial charge >= 0.3 is 0 Å². The molecule has 3 heterocycles. The Morgan fingerprint density at radius 3 is 2.61 bits per heavy atom. The largest absolute Gasteiger partial charge is 0.361 e. The van der Waals surface area contributed by atoms with Crippen molar-refractivity contribution in [2.45, 2.75) is 32.7 Å². The number of likely N-dealkylation sites (tertiary alicyclic amines) is 1. The zero-order chi connectivity index (χ0) is 16.4. The number of carbonyl (C=O) groups is 2. The maximum absolute atomic E-state index is 12.4. The Hall–Kier alpha value is -2.15. The summed E-state index contributed by atoms with van der Waals surface area (Å²) in [5.41, 5.74) is 0.470. The molecule has 6 nitrogen and oxygen atoms in total. The molecular weight excluding hydrogens is 314 g/mol. The standard InChI is InChI=1S/C16H19N3O3S/c1-10-3-4-14(23-10)16(21)19-7-5-12(6-8-19)18-15(20)13-9-17-22-11(13)2/h3-4,9,12H,5-8H2,1-2H3,(H,18,20). The average molecular weight is 333 g/mol. The SMILES string of the molecule is Cc1ccc(C(=O)N2CCC(NC(=O)c3cnoc3C)CC2)s1. The van der Waals surface area contributed by atoms with E-state index >= 15 is 0 Å². The summed E-state index contributed by atoms with van der Waals surface area (Å²) in [5.74, 6) is 0.438. The van der Waals surface area contributed by atoms with E-state index in [1.54, 1.807) is 6.92 Å². The highest BCUT2D eigenvalue weighted by atomic mass is 32.1. The number of hydrogen-bond acceptors (Lipinski definition) is 5. The van der Waals surface area contributed by atoms with E-state index in [1.165, 1.54) is 17.5 Å². The Balaban J connectivity index is 1.53. The van der Waals surface area contributed by atoms with Crippen molar-refractivity contribution in [3.05, 3.63) is 39.4 Å². The van der Waals surface area contributed by atoms with Gasteiger partial charge in [0.15, 0.2) is 0 Å². The molecule has 1 aliphatic rings. The van der Waals surface area contributed by atoms with Gasteiger partial charge in [0.2, 0.25) is 0 Å². The Bertz CT molecular complexity index is 714. The van der Waals surface area contributed by atoms with Gasteiger partial charge in [0.1, 0.15) is 11.3 Å². The molecule has 2 aromatic rings. The first-order valence-corrected chi connectivity index (χ1v) is 8.44. The molecule has 1 N–H and O–H groups in total. The minimum atomic E-state index is -0.164. The van der Waals surface area contributed by atoms with Crippen LogP contribution in [-0.4, -0.2) is 41.0 Å². The van der Waals surface area contributed by atoms with Crippen LogP contribution in [-0.2, 0) is 0 Å².